The maximum atomic E-state index is 10.5. The standard InChI is InChI=1S/C17H18O5/c1-19-13-6-4-5-11-12(18)7-10-8-15(20-2)16(21-3)9-14(10)22-17(11)13/h4-6,8-9,12,18H,7H2,1-3H3. The van der Waals surface area contributed by atoms with Crippen molar-refractivity contribution in [3.8, 4) is 28.7 Å². The van der Waals surface area contributed by atoms with Crippen LogP contribution in [0, 0.1) is 0 Å². The van der Waals surface area contributed by atoms with E-state index in [1.54, 1.807) is 33.5 Å². The molecule has 2 aromatic rings. The average Bonchev–Trinajstić information content (AvgIpc) is 2.68. The molecule has 1 unspecified atom stereocenters. The number of hydrogen-bond acceptors (Lipinski definition) is 5. The highest BCUT2D eigenvalue weighted by molar-refractivity contribution is 5.57. The van der Waals surface area contributed by atoms with Gasteiger partial charge >= 0.3 is 0 Å². The van der Waals surface area contributed by atoms with Crippen molar-refractivity contribution in [2.24, 2.45) is 0 Å². The first kappa shape index (κ1) is 14.5. The van der Waals surface area contributed by atoms with Crippen LogP contribution in [-0.4, -0.2) is 26.4 Å². The van der Waals surface area contributed by atoms with Crippen LogP contribution in [0.4, 0.5) is 0 Å². The minimum absolute atomic E-state index is 0.426. The fourth-order valence-corrected chi connectivity index (χ4v) is 2.65. The van der Waals surface area contributed by atoms with Gasteiger partial charge in [-0.05, 0) is 12.1 Å². The van der Waals surface area contributed by atoms with Crippen molar-refractivity contribution in [2.45, 2.75) is 12.5 Å². The number of fused-ring (bicyclic) bond motifs is 2. The average molecular weight is 302 g/mol. The molecule has 0 aromatic heterocycles. The highest BCUT2D eigenvalue weighted by Crippen LogP contribution is 2.46. The molecule has 0 bridgehead atoms. The molecule has 1 heterocycles. The highest BCUT2D eigenvalue weighted by Gasteiger charge is 2.26. The molecule has 22 heavy (non-hydrogen) atoms. The second kappa shape index (κ2) is 5.77. The topological polar surface area (TPSA) is 57.2 Å². The number of methoxy groups -OCH3 is 3. The molecule has 0 saturated heterocycles. The van der Waals surface area contributed by atoms with Crippen LogP contribution in [0.3, 0.4) is 0 Å². The monoisotopic (exact) mass is 302 g/mol. The summed E-state index contributed by atoms with van der Waals surface area (Å²) in [5.74, 6) is 2.92. The van der Waals surface area contributed by atoms with E-state index in [1.807, 2.05) is 18.2 Å². The van der Waals surface area contributed by atoms with Gasteiger partial charge in [0.05, 0.1) is 27.4 Å². The quantitative estimate of drug-likeness (QED) is 0.944. The zero-order valence-corrected chi connectivity index (χ0v) is 12.8. The predicted octanol–water partition coefficient (Wildman–Crippen LogP) is 3.09. The number of benzene rings is 2. The molecular formula is C17H18O5. The lowest BCUT2D eigenvalue weighted by molar-refractivity contribution is 0.178. The SMILES string of the molecule is COc1cc2c(cc1OC)Oc1c(OC)cccc1C(O)C2. The third-order valence-corrected chi connectivity index (χ3v) is 3.78. The van der Waals surface area contributed by atoms with Gasteiger partial charge in [0.15, 0.2) is 23.0 Å². The second-order valence-corrected chi connectivity index (χ2v) is 5.02. The Morgan fingerprint density at radius 3 is 2.36 bits per heavy atom. The summed E-state index contributed by atoms with van der Waals surface area (Å²) >= 11 is 0. The molecular weight excluding hydrogens is 284 g/mol. The van der Waals surface area contributed by atoms with Gasteiger partial charge in [0, 0.05) is 23.6 Å². The van der Waals surface area contributed by atoms with Gasteiger partial charge < -0.3 is 24.1 Å². The van der Waals surface area contributed by atoms with Crippen LogP contribution < -0.4 is 18.9 Å². The molecule has 0 spiro atoms. The summed E-state index contributed by atoms with van der Waals surface area (Å²) in [6.07, 6.45) is -0.250. The molecule has 3 rings (SSSR count). The van der Waals surface area contributed by atoms with E-state index in [2.05, 4.69) is 0 Å². The Morgan fingerprint density at radius 2 is 1.68 bits per heavy atom. The van der Waals surface area contributed by atoms with E-state index in [0.717, 1.165) is 5.56 Å². The number of hydrogen-bond donors (Lipinski definition) is 1. The van der Waals surface area contributed by atoms with Gasteiger partial charge in [-0.2, -0.15) is 0 Å². The summed E-state index contributed by atoms with van der Waals surface area (Å²) in [7, 11) is 4.73. The third-order valence-electron chi connectivity index (χ3n) is 3.78. The Bertz CT molecular complexity index is 696. The lowest BCUT2D eigenvalue weighted by Gasteiger charge is -2.15. The van der Waals surface area contributed by atoms with Crippen LogP contribution in [0.2, 0.25) is 0 Å². The number of para-hydroxylation sites is 1. The van der Waals surface area contributed by atoms with Crippen LogP contribution in [0.15, 0.2) is 30.3 Å². The molecule has 0 saturated carbocycles. The summed E-state index contributed by atoms with van der Waals surface area (Å²) in [4.78, 5) is 0. The van der Waals surface area contributed by atoms with E-state index < -0.39 is 6.10 Å². The van der Waals surface area contributed by atoms with E-state index >= 15 is 0 Å². The van der Waals surface area contributed by atoms with Crippen molar-refractivity contribution in [1.82, 2.24) is 0 Å². The summed E-state index contributed by atoms with van der Waals surface area (Å²) in [5.41, 5.74) is 1.55. The van der Waals surface area contributed by atoms with Crippen LogP contribution >= 0.6 is 0 Å². The molecule has 2 aromatic carbocycles. The first-order valence-electron chi connectivity index (χ1n) is 6.95. The molecule has 1 N–H and O–H groups in total. The predicted molar refractivity (Wildman–Crippen MR) is 81.3 cm³/mol. The summed E-state index contributed by atoms with van der Waals surface area (Å²) in [6, 6.07) is 9.07. The molecule has 0 fully saturated rings. The minimum atomic E-state index is -0.676. The van der Waals surface area contributed by atoms with E-state index in [-0.39, 0.29) is 0 Å². The lowest BCUT2D eigenvalue weighted by Crippen LogP contribution is -2.01. The van der Waals surface area contributed by atoms with Gasteiger partial charge in [0.2, 0.25) is 0 Å². The highest BCUT2D eigenvalue weighted by atomic mass is 16.5. The van der Waals surface area contributed by atoms with Crippen molar-refractivity contribution in [1.29, 1.82) is 0 Å². The Labute approximate surface area is 129 Å². The van der Waals surface area contributed by atoms with Crippen LogP contribution in [0.1, 0.15) is 17.2 Å². The molecule has 0 amide bonds. The number of ether oxygens (including phenoxy) is 4. The van der Waals surface area contributed by atoms with Crippen molar-refractivity contribution in [3.05, 3.63) is 41.5 Å². The van der Waals surface area contributed by atoms with Crippen LogP contribution in [-0.2, 0) is 6.42 Å². The number of aliphatic hydroxyl groups is 1. The molecule has 116 valence electrons. The van der Waals surface area contributed by atoms with Gasteiger partial charge in [-0.3, -0.25) is 0 Å². The first-order chi connectivity index (χ1) is 10.7. The van der Waals surface area contributed by atoms with E-state index in [4.69, 9.17) is 18.9 Å². The summed E-state index contributed by atoms with van der Waals surface area (Å²) < 4.78 is 22.0. The zero-order valence-electron chi connectivity index (χ0n) is 12.8. The molecule has 0 radical (unpaired) electrons. The fraction of sp³-hybridized carbons (Fsp3) is 0.294. The van der Waals surface area contributed by atoms with E-state index in [9.17, 15) is 5.11 Å². The smallest absolute Gasteiger partial charge is 0.175 e. The molecule has 1 aliphatic heterocycles. The lowest BCUT2D eigenvalue weighted by atomic mass is 10.0. The van der Waals surface area contributed by atoms with Crippen LogP contribution in [0.5, 0.6) is 28.7 Å². The van der Waals surface area contributed by atoms with E-state index in [0.29, 0.717) is 40.7 Å². The Hall–Kier alpha value is -2.40. The van der Waals surface area contributed by atoms with Gasteiger partial charge in [0.1, 0.15) is 5.75 Å². The Morgan fingerprint density at radius 1 is 1.00 bits per heavy atom. The Balaban J connectivity index is 2.15. The first-order valence-corrected chi connectivity index (χ1v) is 6.95. The maximum absolute atomic E-state index is 10.5. The summed E-state index contributed by atoms with van der Waals surface area (Å²) in [5, 5.41) is 10.5. The summed E-state index contributed by atoms with van der Waals surface area (Å²) in [6.45, 7) is 0. The molecule has 1 atom stereocenters. The molecule has 5 nitrogen and oxygen atoms in total. The van der Waals surface area contributed by atoms with E-state index in [1.165, 1.54) is 0 Å². The molecule has 0 aliphatic carbocycles. The van der Waals surface area contributed by atoms with Gasteiger partial charge in [-0.1, -0.05) is 12.1 Å². The normalized spacial score (nSPS) is 15.9. The zero-order chi connectivity index (χ0) is 15.7. The molecule has 5 heteroatoms. The second-order valence-electron chi connectivity index (χ2n) is 5.02. The number of rotatable bonds is 3. The minimum Gasteiger partial charge on any atom is -0.493 e. The third kappa shape index (κ3) is 2.33. The van der Waals surface area contributed by atoms with Crippen molar-refractivity contribution in [2.75, 3.05) is 21.3 Å². The van der Waals surface area contributed by atoms with Crippen molar-refractivity contribution in [3.63, 3.8) is 0 Å². The van der Waals surface area contributed by atoms with Crippen LogP contribution in [0.25, 0.3) is 0 Å². The van der Waals surface area contributed by atoms with Crippen molar-refractivity contribution < 1.29 is 24.1 Å². The van der Waals surface area contributed by atoms with Gasteiger partial charge in [-0.25, -0.2) is 0 Å². The molecule has 1 aliphatic rings. The van der Waals surface area contributed by atoms with Gasteiger partial charge in [0.25, 0.3) is 0 Å². The fourth-order valence-electron chi connectivity index (χ4n) is 2.65. The Kier molecular flexibility index (Phi) is 3.81. The number of aliphatic hydroxyl groups excluding tert-OH is 1. The van der Waals surface area contributed by atoms with Gasteiger partial charge in [-0.15, -0.1) is 0 Å². The van der Waals surface area contributed by atoms with Crippen molar-refractivity contribution >= 4 is 0 Å². The maximum Gasteiger partial charge on any atom is 0.175 e. The largest absolute Gasteiger partial charge is 0.493 e.